The monoisotopic (exact) mass is 612 g/mol. The van der Waals surface area contributed by atoms with Crippen LogP contribution in [0.5, 0.6) is 0 Å². The highest BCUT2D eigenvalue weighted by Gasteiger charge is 2.38. The number of nitrogens with zero attached hydrogens (tertiary/aromatic N) is 5. The largest absolute Gasteiger partial charge is 0.451 e. The van der Waals surface area contributed by atoms with E-state index in [-0.39, 0.29) is 48.0 Å². The van der Waals surface area contributed by atoms with Crippen LogP contribution in [0.15, 0.2) is 36.7 Å². The first-order valence-electron chi connectivity index (χ1n) is 13.6. The van der Waals surface area contributed by atoms with Crippen molar-refractivity contribution in [2.75, 3.05) is 37.6 Å². The number of carbonyl (C=O) groups excluding carboxylic acids is 1. The normalized spacial score (nSPS) is 22.2. The number of pyridine rings is 1. The maximum atomic E-state index is 13.9. The van der Waals surface area contributed by atoms with Gasteiger partial charge in [0.05, 0.1) is 34.4 Å². The Kier molecular flexibility index (Phi) is 8.55. The third-order valence-corrected chi connectivity index (χ3v) is 7.83. The second-order valence-electron chi connectivity index (χ2n) is 10.8. The number of morpholine rings is 1. The van der Waals surface area contributed by atoms with Gasteiger partial charge in [-0.2, -0.15) is 13.2 Å². The zero-order valence-electron chi connectivity index (χ0n) is 23.0. The summed E-state index contributed by atoms with van der Waals surface area (Å²) in [6.07, 6.45) is -3.45. The van der Waals surface area contributed by atoms with Crippen molar-refractivity contribution < 1.29 is 31.5 Å². The number of halogens is 6. The number of carbonyl (C=O) groups is 1. The van der Waals surface area contributed by atoms with Crippen molar-refractivity contribution in [2.24, 2.45) is 0 Å². The lowest BCUT2D eigenvalue weighted by atomic mass is 10.0. The predicted molar refractivity (Wildman–Crippen MR) is 147 cm³/mol. The summed E-state index contributed by atoms with van der Waals surface area (Å²) in [5, 5.41) is 3.51. The Bertz CT molecular complexity index is 1420. The number of hydrogen-bond acceptors (Lipinski definition) is 7. The third-order valence-electron chi connectivity index (χ3n) is 7.51. The van der Waals surface area contributed by atoms with Gasteiger partial charge in [0.2, 0.25) is 5.82 Å². The number of hydrogen-bond donors (Lipinski definition) is 1. The fraction of sp³-hybridized carbons (Fsp3) is 0.500. The fourth-order valence-electron chi connectivity index (χ4n) is 5.49. The van der Waals surface area contributed by atoms with Crippen LogP contribution in [0.2, 0.25) is 5.02 Å². The number of benzene rings is 1. The summed E-state index contributed by atoms with van der Waals surface area (Å²) in [5.41, 5.74) is 1.00. The molecule has 2 aliphatic rings. The maximum absolute atomic E-state index is 13.9. The van der Waals surface area contributed by atoms with Crippen LogP contribution < -0.4 is 10.2 Å². The van der Waals surface area contributed by atoms with Crippen LogP contribution in [0.3, 0.4) is 0 Å². The van der Waals surface area contributed by atoms with E-state index in [1.54, 1.807) is 23.1 Å². The molecule has 2 saturated heterocycles. The average molecular weight is 613 g/mol. The lowest BCUT2D eigenvalue weighted by Crippen LogP contribution is -2.45. The van der Waals surface area contributed by atoms with E-state index in [4.69, 9.17) is 21.3 Å². The molecule has 2 aromatic heterocycles. The standard InChI is InChI=1S/C28H30ClF5N6O2/c1-16-14-40(15-17(2)42-16)23-6-3-19-21(38-23)5-4-20(29)24(19)25(41)35-13-22(39-9-7-27(30,31)8-10-39)18-11-36-26(37-12-18)28(32,33)34/h3-6,11-12,16-17,22H,7-10,13-15H2,1-2H3,(H,35,41)/t16-,17+,22?. The molecule has 42 heavy (non-hydrogen) atoms. The van der Waals surface area contributed by atoms with Crippen LogP contribution >= 0.6 is 11.6 Å². The molecule has 226 valence electrons. The highest BCUT2D eigenvalue weighted by molar-refractivity contribution is 6.35. The van der Waals surface area contributed by atoms with Gasteiger partial charge in [-0.15, -0.1) is 0 Å². The lowest BCUT2D eigenvalue weighted by molar-refractivity contribution is -0.145. The molecule has 2 fully saturated rings. The van der Waals surface area contributed by atoms with E-state index in [1.807, 2.05) is 19.9 Å². The molecular formula is C28H30ClF5N6O2. The number of anilines is 1. The van der Waals surface area contributed by atoms with E-state index in [1.165, 1.54) is 0 Å². The molecule has 0 radical (unpaired) electrons. The van der Waals surface area contributed by atoms with Crippen LogP contribution in [-0.4, -0.2) is 76.6 Å². The van der Waals surface area contributed by atoms with Crippen molar-refractivity contribution in [3.8, 4) is 0 Å². The first-order valence-corrected chi connectivity index (χ1v) is 14.0. The first kappa shape index (κ1) is 30.3. The Balaban J connectivity index is 1.38. The van der Waals surface area contributed by atoms with Crippen molar-refractivity contribution in [3.05, 3.63) is 58.6 Å². The number of ether oxygens (including phenoxy) is 1. The molecule has 2 aliphatic heterocycles. The van der Waals surface area contributed by atoms with E-state index < -0.39 is 42.7 Å². The number of fused-ring (bicyclic) bond motifs is 1. The number of alkyl halides is 5. The summed E-state index contributed by atoms with van der Waals surface area (Å²) < 4.78 is 72.6. The van der Waals surface area contributed by atoms with Crippen molar-refractivity contribution in [1.82, 2.24) is 25.2 Å². The zero-order valence-corrected chi connectivity index (χ0v) is 23.7. The molecule has 3 aromatic rings. The maximum Gasteiger partial charge on any atom is 0.451 e. The molecule has 0 spiro atoms. The molecule has 3 atom stereocenters. The van der Waals surface area contributed by atoms with Crippen molar-refractivity contribution in [1.29, 1.82) is 0 Å². The Morgan fingerprint density at radius 3 is 2.36 bits per heavy atom. The Morgan fingerprint density at radius 1 is 1.10 bits per heavy atom. The molecule has 14 heteroatoms. The van der Waals surface area contributed by atoms with Gasteiger partial charge in [0.1, 0.15) is 5.82 Å². The number of amides is 1. The van der Waals surface area contributed by atoms with Gasteiger partial charge in [-0.1, -0.05) is 11.6 Å². The SMILES string of the molecule is C[C@@H]1CN(c2ccc3c(C(=O)NCC(c4cnc(C(F)(F)F)nc4)N4CCC(F)(F)CC4)c(Cl)ccc3n2)C[C@H](C)O1. The minimum Gasteiger partial charge on any atom is -0.372 e. The number of nitrogens with one attached hydrogen (secondary N) is 1. The number of piperidine rings is 1. The van der Waals surface area contributed by atoms with Crippen LogP contribution in [0, 0.1) is 0 Å². The number of aromatic nitrogens is 3. The molecule has 0 aliphatic carbocycles. The minimum atomic E-state index is -4.73. The smallest absolute Gasteiger partial charge is 0.372 e. The Labute approximate surface area is 244 Å². The molecule has 1 amide bonds. The van der Waals surface area contributed by atoms with Gasteiger partial charge in [0.25, 0.3) is 11.8 Å². The van der Waals surface area contributed by atoms with Gasteiger partial charge in [0.15, 0.2) is 0 Å². The first-order chi connectivity index (χ1) is 19.8. The van der Waals surface area contributed by atoms with Gasteiger partial charge in [0, 0.05) is 68.9 Å². The van der Waals surface area contributed by atoms with E-state index in [2.05, 4.69) is 20.2 Å². The van der Waals surface area contributed by atoms with Crippen LogP contribution in [-0.2, 0) is 10.9 Å². The fourth-order valence-corrected chi connectivity index (χ4v) is 5.74. The van der Waals surface area contributed by atoms with Gasteiger partial charge in [-0.05, 0) is 38.1 Å². The molecule has 0 bridgehead atoms. The minimum absolute atomic E-state index is 0.0188. The highest BCUT2D eigenvalue weighted by atomic mass is 35.5. The molecule has 1 aromatic carbocycles. The summed E-state index contributed by atoms with van der Waals surface area (Å²) in [7, 11) is 0. The zero-order chi connectivity index (χ0) is 30.2. The predicted octanol–water partition coefficient (Wildman–Crippen LogP) is 5.51. The van der Waals surface area contributed by atoms with E-state index in [0.717, 1.165) is 18.2 Å². The van der Waals surface area contributed by atoms with Crippen molar-refractivity contribution in [3.63, 3.8) is 0 Å². The van der Waals surface area contributed by atoms with E-state index in [9.17, 15) is 26.7 Å². The van der Waals surface area contributed by atoms with Gasteiger partial charge < -0.3 is 15.0 Å². The van der Waals surface area contributed by atoms with Crippen LogP contribution in [0.4, 0.5) is 27.8 Å². The second-order valence-corrected chi connectivity index (χ2v) is 11.2. The molecule has 4 heterocycles. The second kappa shape index (κ2) is 11.8. The van der Waals surface area contributed by atoms with E-state index >= 15 is 0 Å². The molecule has 1 unspecified atom stereocenters. The van der Waals surface area contributed by atoms with E-state index in [0.29, 0.717) is 24.0 Å². The Morgan fingerprint density at radius 2 is 1.74 bits per heavy atom. The summed E-state index contributed by atoms with van der Waals surface area (Å²) >= 11 is 6.46. The molecule has 0 saturated carbocycles. The van der Waals surface area contributed by atoms with Crippen molar-refractivity contribution in [2.45, 2.75) is 57.0 Å². The molecular weight excluding hydrogens is 583 g/mol. The Hall–Kier alpha value is -3.16. The summed E-state index contributed by atoms with van der Waals surface area (Å²) in [6.45, 7) is 5.18. The van der Waals surface area contributed by atoms with Gasteiger partial charge >= 0.3 is 6.18 Å². The van der Waals surface area contributed by atoms with Crippen LogP contribution in [0.25, 0.3) is 10.9 Å². The summed E-state index contributed by atoms with van der Waals surface area (Å²) in [5.74, 6) is -3.94. The molecule has 8 nitrogen and oxygen atoms in total. The summed E-state index contributed by atoms with van der Waals surface area (Å²) in [6, 6.07) is 6.15. The lowest BCUT2D eigenvalue weighted by Gasteiger charge is -2.37. The van der Waals surface area contributed by atoms with Gasteiger partial charge in [-0.3, -0.25) is 9.69 Å². The number of likely N-dealkylation sites (tertiary alicyclic amines) is 1. The van der Waals surface area contributed by atoms with Gasteiger partial charge in [-0.25, -0.2) is 23.7 Å². The molecule has 1 N–H and O–H groups in total. The number of rotatable bonds is 6. The average Bonchev–Trinajstić information content (AvgIpc) is 2.92. The van der Waals surface area contributed by atoms with Crippen molar-refractivity contribution >= 4 is 34.2 Å². The summed E-state index contributed by atoms with van der Waals surface area (Å²) in [4.78, 5) is 28.9. The molecule has 5 rings (SSSR count). The van der Waals surface area contributed by atoms with Crippen LogP contribution in [0.1, 0.15) is 54.5 Å². The third kappa shape index (κ3) is 6.73. The topological polar surface area (TPSA) is 83.5 Å². The highest BCUT2D eigenvalue weighted by Crippen LogP contribution is 2.34. The quantitative estimate of drug-likeness (QED) is 0.368.